The number of β-amino-alcohol motifs (C(OH)–C–C–N with tert-alkyl or cyclic N) is 1. The Morgan fingerprint density at radius 3 is 2.80 bits per heavy atom. The Balaban J connectivity index is 2.08. The van der Waals surface area contributed by atoms with Gasteiger partial charge in [-0.3, -0.25) is 4.79 Å². The molecule has 1 rings (SSSR count). The first-order valence-corrected chi connectivity index (χ1v) is 5.29. The fourth-order valence-corrected chi connectivity index (χ4v) is 1.42. The molecule has 0 aromatic rings. The molecule has 1 heterocycles. The third kappa shape index (κ3) is 4.59. The van der Waals surface area contributed by atoms with Gasteiger partial charge in [0.25, 0.3) is 0 Å². The molecule has 1 aliphatic rings. The van der Waals surface area contributed by atoms with E-state index in [1.807, 2.05) is 13.8 Å². The molecule has 88 valence electrons. The topological polar surface area (TPSA) is 67.8 Å². The minimum Gasteiger partial charge on any atom is -0.462 e. The molecule has 0 aromatic heterocycles. The molecule has 5 heteroatoms. The molecule has 1 saturated heterocycles. The second-order valence-corrected chi connectivity index (χ2v) is 3.94. The van der Waals surface area contributed by atoms with E-state index in [4.69, 9.17) is 9.47 Å². The number of carbonyl (C=O) groups is 1. The van der Waals surface area contributed by atoms with Crippen molar-refractivity contribution in [2.24, 2.45) is 0 Å². The van der Waals surface area contributed by atoms with Crippen LogP contribution in [0.4, 0.5) is 0 Å². The van der Waals surface area contributed by atoms with Gasteiger partial charge in [0.1, 0.15) is 12.6 Å². The van der Waals surface area contributed by atoms with Gasteiger partial charge >= 0.3 is 5.97 Å². The van der Waals surface area contributed by atoms with Crippen LogP contribution in [0.15, 0.2) is 0 Å². The summed E-state index contributed by atoms with van der Waals surface area (Å²) in [4.78, 5) is 11.4. The first kappa shape index (κ1) is 12.4. The molecule has 0 aromatic carbocycles. The van der Waals surface area contributed by atoms with Crippen molar-refractivity contribution in [3.8, 4) is 0 Å². The number of aliphatic hydroxyl groups excluding tert-OH is 1. The summed E-state index contributed by atoms with van der Waals surface area (Å²) in [6.07, 6.45) is 0.147. The minimum atomic E-state index is -0.436. The third-order valence-corrected chi connectivity index (χ3v) is 2.17. The van der Waals surface area contributed by atoms with Crippen molar-refractivity contribution in [2.75, 3.05) is 19.8 Å². The number of rotatable bonds is 5. The van der Waals surface area contributed by atoms with Crippen molar-refractivity contribution in [2.45, 2.75) is 38.5 Å². The van der Waals surface area contributed by atoms with Gasteiger partial charge in [0.2, 0.25) is 0 Å². The van der Waals surface area contributed by atoms with Crippen LogP contribution in [0.3, 0.4) is 0 Å². The van der Waals surface area contributed by atoms with E-state index < -0.39 is 6.10 Å². The predicted molar refractivity (Wildman–Crippen MR) is 54.5 cm³/mol. The summed E-state index contributed by atoms with van der Waals surface area (Å²) in [7, 11) is 0. The fourth-order valence-electron chi connectivity index (χ4n) is 1.42. The van der Waals surface area contributed by atoms with E-state index in [1.165, 1.54) is 0 Å². The maximum Gasteiger partial charge on any atom is 0.323 e. The van der Waals surface area contributed by atoms with Crippen LogP contribution in [0.5, 0.6) is 0 Å². The first-order chi connectivity index (χ1) is 7.09. The van der Waals surface area contributed by atoms with Crippen LogP contribution in [0.25, 0.3) is 0 Å². The zero-order valence-electron chi connectivity index (χ0n) is 9.23. The van der Waals surface area contributed by atoms with Crippen LogP contribution in [0.2, 0.25) is 0 Å². The van der Waals surface area contributed by atoms with Gasteiger partial charge < -0.3 is 19.9 Å². The van der Waals surface area contributed by atoms with Gasteiger partial charge in [-0.25, -0.2) is 0 Å². The Kier molecular flexibility index (Phi) is 5.01. The first-order valence-electron chi connectivity index (χ1n) is 5.29. The summed E-state index contributed by atoms with van der Waals surface area (Å²) in [5.41, 5.74) is 0. The fraction of sp³-hybridized carbons (Fsp3) is 0.900. The van der Waals surface area contributed by atoms with Crippen LogP contribution in [-0.4, -0.2) is 49.1 Å². The quantitative estimate of drug-likeness (QED) is 0.488. The smallest absolute Gasteiger partial charge is 0.323 e. The minimum absolute atomic E-state index is 0.148. The van der Waals surface area contributed by atoms with Gasteiger partial charge in [0, 0.05) is 13.0 Å². The van der Waals surface area contributed by atoms with Crippen LogP contribution in [0, 0.1) is 0 Å². The highest BCUT2D eigenvalue weighted by Gasteiger charge is 2.28. The number of nitrogens with one attached hydrogen (secondary N) is 1. The van der Waals surface area contributed by atoms with E-state index in [2.05, 4.69) is 5.32 Å². The maximum atomic E-state index is 11.4. The Bertz CT molecular complexity index is 208. The van der Waals surface area contributed by atoms with Gasteiger partial charge in [0.15, 0.2) is 0 Å². The molecule has 0 bridgehead atoms. The SMILES string of the molecule is CC(C)OCCOC(=O)[C@@H]1C[C@H](O)CN1. The van der Waals surface area contributed by atoms with E-state index in [0.29, 0.717) is 19.6 Å². The summed E-state index contributed by atoms with van der Waals surface area (Å²) in [6.45, 7) is 5.00. The van der Waals surface area contributed by atoms with Gasteiger partial charge in [-0.1, -0.05) is 0 Å². The van der Waals surface area contributed by atoms with Crippen LogP contribution < -0.4 is 5.32 Å². The molecular weight excluding hydrogens is 198 g/mol. The van der Waals surface area contributed by atoms with Crippen LogP contribution >= 0.6 is 0 Å². The van der Waals surface area contributed by atoms with Gasteiger partial charge in [-0.05, 0) is 13.8 Å². The predicted octanol–water partition coefficient (Wildman–Crippen LogP) is -0.323. The molecule has 5 nitrogen and oxygen atoms in total. The molecule has 0 unspecified atom stereocenters. The molecule has 2 atom stereocenters. The normalized spacial score (nSPS) is 25.9. The summed E-state index contributed by atoms with van der Waals surface area (Å²) >= 11 is 0. The Hall–Kier alpha value is -0.650. The molecule has 0 amide bonds. The lowest BCUT2D eigenvalue weighted by Gasteiger charge is -2.11. The number of hydrogen-bond acceptors (Lipinski definition) is 5. The molecule has 0 saturated carbocycles. The molecule has 0 aliphatic carbocycles. The second kappa shape index (κ2) is 6.05. The summed E-state index contributed by atoms with van der Waals surface area (Å²) in [5.74, 6) is -0.307. The third-order valence-electron chi connectivity index (χ3n) is 2.17. The highest BCUT2D eigenvalue weighted by atomic mass is 16.6. The second-order valence-electron chi connectivity index (χ2n) is 3.94. The number of carbonyl (C=O) groups excluding carboxylic acids is 1. The Labute approximate surface area is 89.8 Å². The number of esters is 1. The van der Waals surface area contributed by atoms with E-state index in [1.54, 1.807) is 0 Å². The van der Waals surface area contributed by atoms with Crippen molar-refractivity contribution in [3.63, 3.8) is 0 Å². The van der Waals surface area contributed by atoms with Gasteiger partial charge in [-0.15, -0.1) is 0 Å². The highest BCUT2D eigenvalue weighted by Crippen LogP contribution is 2.07. The van der Waals surface area contributed by atoms with Crippen molar-refractivity contribution < 1.29 is 19.4 Å². The van der Waals surface area contributed by atoms with E-state index in [0.717, 1.165) is 0 Å². The number of aliphatic hydroxyl groups is 1. The van der Waals surface area contributed by atoms with Gasteiger partial charge in [-0.2, -0.15) is 0 Å². The number of hydrogen-bond donors (Lipinski definition) is 2. The average molecular weight is 217 g/mol. The standard InChI is InChI=1S/C10H19NO4/c1-7(2)14-3-4-15-10(13)9-5-8(12)6-11-9/h7-9,11-12H,3-6H2,1-2H3/t8-,9-/m0/s1. The highest BCUT2D eigenvalue weighted by molar-refractivity contribution is 5.76. The van der Waals surface area contributed by atoms with Crippen molar-refractivity contribution in [1.29, 1.82) is 0 Å². The van der Waals surface area contributed by atoms with Crippen molar-refractivity contribution in [3.05, 3.63) is 0 Å². The molecule has 1 fully saturated rings. The van der Waals surface area contributed by atoms with E-state index in [9.17, 15) is 9.90 Å². The lowest BCUT2D eigenvalue weighted by Crippen LogP contribution is -2.33. The van der Waals surface area contributed by atoms with E-state index >= 15 is 0 Å². The summed E-state index contributed by atoms with van der Waals surface area (Å²) in [6, 6.07) is -0.362. The monoisotopic (exact) mass is 217 g/mol. The molecule has 1 aliphatic heterocycles. The molecule has 0 radical (unpaired) electrons. The zero-order chi connectivity index (χ0) is 11.3. The van der Waals surface area contributed by atoms with E-state index in [-0.39, 0.29) is 24.7 Å². The average Bonchev–Trinajstić information content (AvgIpc) is 2.59. The maximum absolute atomic E-state index is 11.4. The van der Waals surface area contributed by atoms with Crippen molar-refractivity contribution >= 4 is 5.97 Å². The molecule has 0 spiro atoms. The largest absolute Gasteiger partial charge is 0.462 e. The molecular formula is C10H19NO4. The lowest BCUT2D eigenvalue weighted by atomic mass is 10.2. The zero-order valence-corrected chi connectivity index (χ0v) is 9.23. The molecule has 15 heavy (non-hydrogen) atoms. The van der Waals surface area contributed by atoms with Crippen LogP contribution in [0.1, 0.15) is 20.3 Å². The number of ether oxygens (including phenoxy) is 2. The molecule has 2 N–H and O–H groups in total. The lowest BCUT2D eigenvalue weighted by molar-refractivity contribution is -0.147. The Morgan fingerprint density at radius 1 is 1.53 bits per heavy atom. The Morgan fingerprint density at radius 2 is 2.27 bits per heavy atom. The summed E-state index contributed by atoms with van der Waals surface area (Å²) in [5, 5.41) is 12.1. The van der Waals surface area contributed by atoms with Crippen LogP contribution in [-0.2, 0) is 14.3 Å². The summed E-state index contributed by atoms with van der Waals surface area (Å²) < 4.78 is 10.2. The van der Waals surface area contributed by atoms with Gasteiger partial charge in [0.05, 0.1) is 18.8 Å². The van der Waals surface area contributed by atoms with Crippen molar-refractivity contribution in [1.82, 2.24) is 5.32 Å².